The van der Waals surface area contributed by atoms with Crippen LogP contribution in [-0.4, -0.2) is 52.1 Å². The molecule has 22 heavy (non-hydrogen) atoms. The molecule has 0 spiro atoms. The summed E-state index contributed by atoms with van der Waals surface area (Å²) in [5.74, 6) is 0.414. The zero-order valence-corrected chi connectivity index (χ0v) is 13.8. The highest BCUT2D eigenvalue weighted by molar-refractivity contribution is 5.67. The Morgan fingerprint density at radius 3 is 2.73 bits per heavy atom. The number of carbonyl (C=O) groups excluding carboxylic acids is 1. The van der Waals surface area contributed by atoms with Gasteiger partial charge in [-0.1, -0.05) is 0 Å². The van der Waals surface area contributed by atoms with Crippen LogP contribution in [0.1, 0.15) is 49.4 Å². The van der Waals surface area contributed by atoms with E-state index in [1.807, 2.05) is 23.8 Å². The first-order valence-corrected chi connectivity index (χ1v) is 8.24. The molecule has 2 heterocycles. The number of hydrogen-bond donors (Lipinski definition) is 0. The van der Waals surface area contributed by atoms with E-state index in [2.05, 4.69) is 18.1 Å². The third kappa shape index (κ3) is 3.11. The van der Waals surface area contributed by atoms with E-state index in [1.165, 1.54) is 5.69 Å². The first kappa shape index (κ1) is 15.3. The maximum absolute atomic E-state index is 12.3. The largest absolute Gasteiger partial charge is 0.445 e. The van der Waals surface area contributed by atoms with Crippen molar-refractivity contribution in [2.45, 2.75) is 51.0 Å². The number of hydrazine groups is 1. The quantitative estimate of drug-likeness (QED) is 0.842. The minimum absolute atomic E-state index is 0.0233. The molecule has 2 fully saturated rings. The summed E-state index contributed by atoms with van der Waals surface area (Å²) < 4.78 is 7.63. The van der Waals surface area contributed by atoms with E-state index >= 15 is 0 Å². The van der Waals surface area contributed by atoms with E-state index in [9.17, 15) is 4.79 Å². The number of hydrogen-bond acceptors (Lipinski definition) is 4. The van der Waals surface area contributed by atoms with Crippen molar-refractivity contribution in [2.75, 3.05) is 20.1 Å². The second kappa shape index (κ2) is 6.28. The van der Waals surface area contributed by atoms with Gasteiger partial charge in [-0.05, 0) is 45.1 Å². The van der Waals surface area contributed by atoms with Crippen molar-refractivity contribution < 1.29 is 9.53 Å². The van der Waals surface area contributed by atoms with Gasteiger partial charge in [0, 0.05) is 38.8 Å². The maximum atomic E-state index is 12.3. The average Bonchev–Trinajstić information content (AvgIpc) is 3.07. The predicted octanol–water partition coefficient (Wildman–Crippen LogP) is 2.44. The Bertz CT molecular complexity index is 523. The van der Waals surface area contributed by atoms with Crippen LogP contribution in [0.15, 0.2) is 6.07 Å². The molecule has 3 rings (SSSR count). The zero-order valence-electron chi connectivity index (χ0n) is 13.8. The molecule has 1 aliphatic carbocycles. The lowest BCUT2D eigenvalue weighted by atomic mass is 10.0. The van der Waals surface area contributed by atoms with Crippen molar-refractivity contribution in [3.05, 3.63) is 17.5 Å². The van der Waals surface area contributed by atoms with Crippen molar-refractivity contribution in [1.82, 2.24) is 19.8 Å². The fourth-order valence-corrected chi connectivity index (χ4v) is 3.43. The van der Waals surface area contributed by atoms with Crippen molar-refractivity contribution >= 4 is 6.09 Å². The summed E-state index contributed by atoms with van der Waals surface area (Å²) in [7, 11) is 3.92. The van der Waals surface area contributed by atoms with Crippen LogP contribution < -0.4 is 0 Å². The molecule has 1 aliphatic heterocycles. The van der Waals surface area contributed by atoms with Gasteiger partial charge >= 0.3 is 6.09 Å². The summed E-state index contributed by atoms with van der Waals surface area (Å²) in [5.41, 5.74) is 2.30. The summed E-state index contributed by atoms with van der Waals surface area (Å²) in [6, 6.07) is 2.15. The van der Waals surface area contributed by atoms with Gasteiger partial charge in [0.1, 0.15) is 6.10 Å². The summed E-state index contributed by atoms with van der Waals surface area (Å²) >= 11 is 0. The van der Waals surface area contributed by atoms with E-state index in [1.54, 1.807) is 5.01 Å². The Kier molecular flexibility index (Phi) is 4.38. The standard InChI is InChI=1S/C16H26N4O2/c1-12-10-15(17-19(12)3)13-6-7-14(11-13)22-16(21)20-9-5-4-8-18(20)2/h10,13-14H,4-9,11H2,1-3H3/t13-,14+/m0/s1. The average molecular weight is 306 g/mol. The number of aromatic nitrogens is 2. The van der Waals surface area contributed by atoms with Crippen LogP contribution in [0.25, 0.3) is 0 Å². The molecule has 0 N–H and O–H groups in total. The lowest BCUT2D eigenvalue weighted by molar-refractivity contribution is -0.0364. The van der Waals surface area contributed by atoms with Crippen LogP contribution in [-0.2, 0) is 11.8 Å². The van der Waals surface area contributed by atoms with Gasteiger partial charge in [0.2, 0.25) is 0 Å². The highest BCUT2D eigenvalue weighted by atomic mass is 16.6. The Morgan fingerprint density at radius 1 is 1.27 bits per heavy atom. The molecular weight excluding hydrogens is 280 g/mol. The van der Waals surface area contributed by atoms with Crippen LogP contribution in [0.5, 0.6) is 0 Å². The van der Waals surface area contributed by atoms with Gasteiger partial charge in [0.25, 0.3) is 0 Å². The zero-order chi connectivity index (χ0) is 15.7. The fourth-order valence-electron chi connectivity index (χ4n) is 3.43. The van der Waals surface area contributed by atoms with E-state index in [4.69, 9.17) is 4.74 Å². The van der Waals surface area contributed by atoms with Crippen LogP contribution in [0.3, 0.4) is 0 Å². The summed E-state index contributed by atoms with van der Waals surface area (Å²) in [6.07, 6.45) is 4.90. The topological polar surface area (TPSA) is 50.6 Å². The fraction of sp³-hybridized carbons (Fsp3) is 0.750. The van der Waals surface area contributed by atoms with E-state index in [-0.39, 0.29) is 12.2 Å². The first-order chi connectivity index (χ1) is 10.5. The SMILES string of the molecule is Cc1cc([C@H]2CC[C@@H](OC(=O)N3CCCCN3C)C2)nn1C. The highest BCUT2D eigenvalue weighted by Gasteiger charge is 2.32. The Hall–Kier alpha value is -1.56. The molecule has 6 nitrogen and oxygen atoms in total. The van der Waals surface area contributed by atoms with Crippen LogP contribution in [0.2, 0.25) is 0 Å². The lowest BCUT2D eigenvalue weighted by Gasteiger charge is -2.35. The van der Waals surface area contributed by atoms with Gasteiger partial charge in [0.15, 0.2) is 0 Å². The Morgan fingerprint density at radius 2 is 2.05 bits per heavy atom. The lowest BCUT2D eigenvalue weighted by Crippen LogP contribution is -2.49. The molecule has 0 aromatic carbocycles. The van der Waals surface area contributed by atoms with Gasteiger partial charge in [-0.2, -0.15) is 5.10 Å². The number of carbonyl (C=O) groups is 1. The minimum atomic E-state index is -0.190. The summed E-state index contributed by atoms with van der Waals surface area (Å²) in [6.45, 7) is 3.76. The molecule has 2 atom stereocenters. The van der Waals surface area contributed by atoms with Gasteiger partial charge in [-0.3, -0.25) is 4.68 Å². The molecule has 6 heteroatoms. The Labute approximate surface area is 132 Å². The molecule has 2 aliphatic rings. The van der Waals surface area contributed by atoms with Gasteiger partial charge in [0.05, 0.1) is 5.69 Å². The molecule has 0 radical (unpaired) electrons. The minimum Gasteiger partial charge on any atom is -0.445 e. The predicted molar refractivity (Wildman–Crippen MR) is 83.4 cm³/mol. The molecule has 1 saturated carbocycles. The van der Waals surface area contributed by atoms with E-state index in [0.717, 1.165) is 50.9 Å². The molecule has 1 amide bonds. The molecule has 0 bridgehead atoms. The van der Waals surface area contributed by atoms with Gasteiger partial charge < -0.3 is 4.74 Å². The third-order valence-corrected chi connectivity index (χ3v) is 4.93. The van der Waals surface area contributed by atoms with E-state index < -0.39 is 0 Å². The van der Waals surface area contributed by atoms with Crippen molar-refractivity contribution in [2.24, 2.45) is 7.05 Å². The smallest absolute Gasteiger partial charge is 0.424 e. The molecule has 1 aromatic heterocycles. The molecule has 1 aromatic rings. The van der Waals surface area contributed by atoms with Crippen molar-refractivity contribution in [1.29, 1.82) is 0 Å². The highest BCUT2D eigenvalue weighted by Crippen LogP contribution is 2.35. The second-order valence-corrected chi connectivity index (χ2v) is 6.56. The number of ether oxygens (including phenoxy) is 1. The molecular formula is C16H26N4O2. The van der Waals surface area contributed by atoms with Crippen molar-refractivity contribution in [3.63, 3.8) is 0 Å². The van der Waals surface area contributed by atoms with Gasteiger partial charge in [-0.15, -0.1) is 0 Å². The van der Waals surface area contributed by atoms with Crippen LogP contribution in [0.4, 0.5) is 4.79 Å². The van der Waals surface area contributed by atoms with E-state index in [0.29, 0.717) is 5.92 Å². The normalized spacial score (nSPS) is 26.4. The number of amides is 1. The maximum Gasteiger partial charge on any atom is 0.424 e. The van der Waals surface area contributed by atoms with Crippen molar-refractivity contribution in [3.8, 4) is 0 Å². The molecule has 0 unspecified atom stereocenters. The van der Waals surface area contributed by atoms with Crippen LogP contribution in [0, 0.1) is 6.92 Å². The van der Waals surface area contributed by atoms with Crippen LogP contribution >= 0.6 is 0 Å². The number of rotatable bonds is 2. The number of aryl methyl sites for hydroxylation is 2. The third-order valence-electron chi connectivity index (χ3n) is 4.93. The van der Waals surface area contributed by atoms with Gasteiger partial charge in [-0.25, -0.2) is 14.8 Å². The first-order valence-electron chi connectivity index (χ1n) is 8.24. The molecule has 122 valence electrons. The summed E-state index contributed by atoms with van der Waals surface area (Å²) in [5, 5.41) is 8.28. The summed E-state index contributed by atoms with van der Waals surface area (Å²) in [4.78, 5) is 12.3. The monoisotopic (exact) mass is 306 g/mol. The molecule has 1 saturated heterocycles. The number of nitrogens with zero attached hydrogens (tertiary/aromatic N) is 4. The second-order valence-electron chi connectivity index (χ2n) is 6.56. The Balaban J connectivity index is 1.55.